The summed E-state index contributed by atoms with van der Waals surface area (Å²) in [6.07, 6.45) is 1.34. The van der Waals surface area contributed by atoms with Crippen LogP contribution in [0, 0.1) is 0 Å². The SMILES string of the molecule is CC1(NS(=O)(=O)c2ccc(CN)cc2Br)CCOCC1. The largest absolute Gasteiger partial charge is 0.381 e. The van der Waals surface area contributed by atoms with Gasteiger partial charge in [0.05, 0.1) is 4.90 Å². The molecule has 0 aromatic heterocycles. The number of benzene rings is 1. The average molecular weight is 363 g/mol. The molecule has 5 nitrogen and oxygen atoms in total. The van der Waals surface area contributed by atoms with Crippen LogP contribution in [-0.2, 0) is 21.3 Å². The lowest BCUT2D eigenvalue weighted by Gasteiger charge is -2.34. The zero-order chi connectivity index (χ0) is 14.8. The number of ether oxygens (including phenoxy) is 1. The number of nitrogens with two attached hydrogens (primary N) is 1. The van der Waals surface area contributed by atoms with E-state index in [-0.39, 0.29) is 4.90 Å². The fourth-order valence-corrected chi connectivity index (χ4v) is 4.78. The zero-order valence-electron chi connectivity index (χ0n) is 11.4. The predicted octanol–water partition coefficient (Wildman–Crippen LogP) is 1.76. The molecule has 1 aliphatic heterocycles. The molecule has 7 heteroatoms. The third kappa shape index (κ3) is 3.59. The van der Waals surface area contributed by atoms with Crippen molar-refractivity contribution in [1.29, 1.82) is 0 Å². The molecule has 0 unspecified atom stereocenters. The van der Waals surface area contributed by atoms with Gasteiger partial charge in [0.25, 0.3) is 0 Å². The van der Waals surface area contributed by atoms with E-state index < -0.39 is 15.6 Å². The first-order valence-corrected chi connectivity index (χ1v) is 8.74. The van der Waals surface area contributed by atoms with E-state index in [1.807, 2.05) is 6.92 Å². The lowest BCUT2D eigenvalue weighted by molar-refractivity contribution is 0.0537. The monoisotopic (exact) mass is 362 g/mol. The van der Waals surface area contributed by atoms with Crippen molar-refractivity contribution < 1.29 is 13.2 Å². The molecule has 0 saturated carbocycles. The van der Waals surface area contributed by atoms with Gasteiger partial charge in [-0.25, -0.2) is 13.1 Å². The molecule has 20 heavy (non-hydrogen) atoms. The van der Waals surface area contributed by atoms with E-state index in [1.54, 1.807) is 18.2 Å². The summed E-state index contributed by atoms with van der Waals surface area (Å²) < 4.78 is 33.6. The van der Waals surface area contributed by atoms with E-state index in [2.05, 4.69) is 20.7 Å². The Morgan fingerprint density at radius 3 is 2.60 bits per heavy atom. The molecule has 1 aromatic rings. The summed E-state index contributed by atoms with van der Waals surface area (Å²) in [5.74, 6) is 0. The van der Waals surface area contributed by atoms with Crippen molar-refractivity contribution in [2.45, 2.75) is 36.7 Å². The van der Waals surface area contributed by atoms with Crippen molar-refractivity contribution in [2.24, 2.45) is 5.73 Å². The Labute approximate surface area is 128 Å². The summed E-state index contributed by atoms with van der Waals surface area (Å²) in [5, 5.41) is 0. The summed E-state index contributed by atoms with van der Waals surface area (Å²) >= 11 is 3.31. The number of halogens is 1. The van der Waals surface area contributed by atoms with E-state index in [9.17, 15) is 8.42 Å². The molecule has 0 bridgehead atoms. The molecule has 0 atom stereocenters. The smallest absolute Gasteiger partial charge is 0.242 e. The summed E-state index contributed by atoms with van der Waals surface area (Å²) in [7, 11) is -3.57. The average Bonchev–Trinajstić information content (AvgIpc) is 2.37. The highest BCUT2D eigenvalue weighted by atomic mass is 79.9. The van der Waals surface area contributed by atoms with Gasteiger partial charge >= 0.3 is 0 Å². The van der Waals surface area contributed by atoms with Crippen LogP contribution in [0.2, 0.25) is 0 Å². The van der Waals surface area contributed by atoms with Crippen LogP contribution in [0.15, 0.2) is 27.6 Å². The van der Waals surface area contributed by atoms with Crippen molar-refractivity contribution in [1.82, 2.24) is 4.72 Å². The number of hydrogen-bond acceptors (Lipinski definition) is 4. The first kappa shape index (κ1) is 15.9. The molecule has 112 valence electrons. The van der Waals surface area contributed by atoms with Crippen molar-refractivity contribution >= 4 is 26.0 Å². The van der Waals surface area contributed by atoms with E-state index in [4.69, 9.17) is 10.5 Å². The van der Waals surface area contributed by atoms with Gasteiger partial charge in [-0.05, 0) is 53.4 Å². The molecule has 1 saturated heterocycles. The van der Waals surface area contributed by atoms with Gasteiger partial charge in [0.2, 0.25) is 10.0 Å². The summed E-state index contributed by atoms with van der Waals surface area (Å²) in [4.78, 5) is 0.238. The Morgan fingerprint density at radius 2 is 2.05 bits per heavy atom. The fraction of sp³-hybridized carbons (Fsp3) is 0.538. The molecule has 1 fully saturated rings. The molecule has 1 aromatic carbocycles. The van der Waals surface area contributed by atoms with Crippen molar-refractivity contribution in [3.8, 4) is 0 Å². The Balaban J connectivity index is 2.26. The van der Waals surface area contributed by atoms with Crippen molar-refractivity contribution in [3.05, 3.63) is 28.2 Å². The Kier molecular flexibility index (Phi) is 4.86. The first-order valence-electron chi connectivity index (χ1n) is 6.46. The maximum absolute atomic E-state index is 12.5. The second-order valence-corrected chi connectivity index (χ2v) is 7.75. The van der Waals surface area contributed by atoms with E-state index in [1.165, 1.54) is 0 Å². The highest BCUT2D eigenvalue weighted by molar-refractivity contribution is 9.10. The summed E-state index contributed by atoms with van der Waals surface area (Å²) in [5.41, 5.74) is 5.98. The molecule has 1 aliphatic rings. The number of nitrogens with one attached hydrogen (secondary N) is 1. The maximum atomic E-state index is 12.5. The first-order chi connectivity index (χ1) is 9.36. The molecular formula is C13H19BrN2O3S. The topological polar surface area (TPSA) is 81.4 Å². The van der Waals surface area contributed by atoms with Gasteiger partial charge in [0.1, 0.15) is 0 Å². The molecule has 1 heterocycles. The zero-order valence-corrected chi connectivity index (χ0v) is 13.8. The standard InChI is InChI=1S/C13H19BrN2O3S/c1-13(4-6-19-7-5-13)16-20(17,18)12-3-2-10(9-15)8-11(12)14/h2-3,8,16H,4-7,9,15H2,1H3. The molecule has 0 amide bonds. The van der Waals surface area contributed by atoms with Crippen molar-refractivity contribution in [3.63, 3.8) is 0 Å². The van der Waals surface area contributed by atoms with Gasteiger partial charge in [-0.15, -0.1) is 0 Å². The molecular weight excluding hydrogens is 344 g/mol. The van der Waals surface area contributed by atoms with Gasteiger partial charge in [-0.1, -0.05) is 6.07 Å². The van der Waals surface area contributed by atoms with Gasteiger partial charge < -0.3 is 10.5 Å². The van der Waals surface area contributed by atoms with E-state index >= 15 is 0 Å². The Morgan fingerprint density at radius 1 is 1.40 bits per heavy atom. The molecule has 2 rings (SSSR count). The van der Waals surface area contributed by atoms with Gasteiger partial charge in [0, 0.05) is 29.8 Å². The van der Waals surface area contributed by atoms with Crippen LogP contribution < -0.4 is 10.5 Å². The number of rotatable bonds is 4. The minimum absolute atomic E-state index is 0.238. The maximum Gasteiger partial charge on any atom is 0.242 e. The van der Waals surface area contributed by atoms with Crippen LogP contribution in [0.5, 0.6) is 0 Å². The summed E-state index contributed by atoms with van der Waals surface area (Å²) in [6, 6.07) is 5.05. The molecule has 0 spiro atoms. The van der Waals surface area contributed by atoms with Gasteiger partial charge in [-0.3, -0.25) is 0 Å². The third-order valence-electron chi connectivity index (χ3n) is 3.50. The van der Waals surface area contributed by atoms with Crippen LogP contribution in [0.25, 0.3) is 0 Å². The fourth-order valence-electron chi connectivity index (χ4n) is 2.19. The van der Waals surface area contributed by atoms with Crippen LogP contribution in [0.4, 0.5) is 0 Å². The second-order valence-electron chi connectivity index (χ2n) is 5.25. The van der Waals surface area contributed by atoms with Gasteiger partial charge in [-0.2, -0.15) is 0 Å². The van der Waals surface area contributed by atoms with Crippen LogP contribution in [-0.4, -0.2) is 27.2 Å². The highest BCUT2D eigenvalue weighted by Crippen LogP contribution is 2.27. The molecule has 0 aliphatic carbocycles. The highest BCUT2D eigenvalue weighted by Gasteiger charge is 2.33. The Hall–Kier alpha value is -0.470. The normalized spacial score (nSPS) is 18.9. The minimum atomic E-state index is -3.57. The van der Waals surface area contributed by atoms with Crippen LogP contribution in [0.3, 0.4) is 0 Å². The van der Waals surface area contributed by atoms with Crippen molar-refractivity contribution in [2.75, 3.05) is 13.2 Å². The van der Waals surface area contributed by atoms with Gasteiger partial charge in [0.15, 0.2) is 0 Å². The minimum Gasteiger partial charge on any atom is -0.381 e. The second kappa shape index (κ2) is 6.11. The molecule has 3 N–H and O–H groups in total. The third-order valence-corrected chi connectivity index (χ3v) is 6.11. The van der Waals surface area contributed by atoms with E-state index in [0.717, 1.165) is 5.56 Å². The lowest BCUT2D eigenvalue weighted by atomic mass is 9.94. The van der Waals surface area contributed by atoms with E-state index in [0.29, 0.717) is 37.1 Å². The number of hydrogen-bond donors (Lipinski definition) is 2. The Bertz CT molecular complexity index is 583. The quantitative estimate of drug-likeness (QED) is 0.854. The predicted molar refractivity (Wildman–Crippen MR) is 80.8 cm³/mol. The number of sulfonamides is 1. The van der Waals surface area contributed by atoms with Crippen LogP contribution >= 0.6 is 15.9 Å². The molecule has 0 radical (unpaired) electrons. The lowest BCUT2D eigenvalue weighted by Crippen LogP contribution is -2.49. The van der Waals surface area contributed by atoms with Crippen LogP contribution in [0.1, 0.15) is 25.3 Å². The summed E-state index contributed by atoms with van der Waals surface area (Å²) in [6.45, 7) is 3.44.